The molecule has 6 heteroatoms. The van der Waals surface area contributed by atoms with Crippen LogP contribution in [0.3, 0.4) is 0 Å². The first-order valence-corrected chi connectivity index (χ1v) is 4.66. The Labute approximate surface area is 94.0 Å². The van der Waals surface area contributed by atoms with Crippen molar-refractivity contribution in [3.8, 4) is 11.3 Å². The van der Waals surface area contributed by atoms with Crippen LogP contribution in [0.1, 0.15) is 10.5 Å². The molecule has 0 spiro atoms. The maximum atomic E-state index is 13.4. The Hall–Kier alpha value is -1.75. The SMILES string of the molecule is O=Cc1[nH]nc(-c2cccc(F)c2F)c1Cl. The largest absolute Gasteiger partial charge is 0.296 e. The van der Waals surface area contributed by atoms with E-state index in [0.717, 1.165) is 6.07 Å². The number of carbonyl (C=O) groups excluding carboxylic acids is 1. The summed E-state index contributed by atoms with van der Waals surface area (Å²) in [6.45, 7) is 0. The highest BCUT2D eigenvalue weighted by atomic mass is 35.5. The van der Waals surface area contributed by atoms with Crippen molar-refractivity contribution < 1.29 is 13.6 Å². The molecule has 0 atom stereocenters. The van der Waals surface area contributed by atoms with E-state index < -0.39 is 11.6 Å². The monoisotopic (exact) mass is 242 g/mol. The van der Waals surface area contributed by atoms with Crippen LogP contribution in [0.2, 0.25) is 5.02 Å². The van der Waals surface area contributed by atoms with Crippen LogP contribution < -0.4 is 0 Å². The third-order valence-corrected chi connectivity index (χ3v) is 2.44. The predicted octanol–water partition coefficient (Wildman–Crippen LogP) is 2.82. The molecule has 0 amide bonds. The van der Waals surface area contributed by atoms with Crippen molar-refractivity contribution >= 4 is 17.9 Å². The molecule has 0 fully saturated rings. The summed E-state index contributed by atoms with van der Waals surface area (Å²) in [5, 5.41) is 5.97. The summed E-state index contributed by atoms with van der Waals surface area (Å²) in [4.78, 5) is 10.5. The summed E-state index contributed by atoms with van der Waals surface area (Å²) >= 11 is 5.77. The molecule has 3 nitrogen and oxygen atoms in total. The molecule has 1 aromatic heterocycles. The van der Waals surface area contributed by atoms with Gasteiger partial charge in [-0.1, -0.05) is 17.7 Å². The van der Waals surface area contributed by atoms with Gasteiger partial charge in [-0.2, -0.15) is 5.10 Å². The van der Waals surface area contributed by atoms with Crippen LogP contribution in [0.15, 0.2) is 18.2 Å². The first-order chi connectivity index (χ1) is 7.65. The Morgan fingerprint density at radius 3 is 2.75 bits per heavy atom. The van der Waals surface area contributed by atoms with E-state index in [0.29, 0.717) is 6.29 Å². The molecule has 82 valence electrons. The molecule has 1 N–H and O–H groups in total. The fourth-order valence-corrected chi connectivity index (χ4v) is 1.52. The summed E-state index contributed by atoms with van der Waals surface area (Å²) in [7, 11) is 0. The fourth-order valence-electron chi connectivity index (χ4n) is 1.29. The Morgan fingerprint density at radius 2 is 2.12 bits per heavy atom. The summed E-state index contributed by atoms with van der Waals surface area (Å²) in [6.07, 6.45) is 0.454. The van der Waals surface area contributed by atoms with Crippen molar-refractivity contribution in [3.05, 3.63) is 40.6 Å². The van der Waals surface area contributed by atoms with E-state index in [9.17, 15) is 13.6 Å². The second-order valence-electron chi connectivity index (χ2n) is 3.02. The maximum Gasteiger partial charge on any atom is 0.169 e. The summed E-state index contributed by atoms with van der Waals surface area (Å²) < 4.78 is 26.4. The molecule has 0 bridgehead atoms. The number of rotatable bonds is 2. The van der Waals surface area contributed by atoms with Gasteiger partial charge < -0.3 is 0 Å². The summed E-state index contributed by atoms with van der Waals surface area (Å²) in [5.41, 5.74) is -0.0459. The van der Waals surface area contributed by atoms with E-state index in [1.165, 1.54) is 12.1 Å². The Balaban J connectivity index is 2.63. The Kier molecular flexibility index (Phi) is 2.70. The number of hydrogen-bond acceptors (Lipinski definition) is 2. The fraction of sp³-hybridized carbons (Fsp3) is 0. The number of nitrogens with zero attached hydrogens (tertiary/aromatic N) is 1. The minimum atomic E-state index is -1.05. The molecular weight excluding hydrogens is 238 g/mol. The molecule has 0 aliphatic carbocycles. The number of H-pyrrole nitrogens is 1. The molecule has 0 aliphatic rings. The average molecular weight is 243 g/mol. The number of nitrogens with one attached hydrogen (secondary N) is 1. The van der Waals surface area contributed by atoms with Crippen molar-refractivity contribution in [2.75, 3.05) is 0 Å². The van der Waals surface area contributed by atoms with Crippen molar-refractivity contribution in [2.45, 2.75) is 0 Å². The highest BCUT2D eigenvalue weighted by Gasteiger charge is 2.17. The van der Waals surface area contributed by atoms with Crippen LogP contribution in [-0.4, -0.2) is 16.5 Å². The molecule has 2 rings (SSSR count). The van der Waals surface area contributed by atoms with Gasteiger partial charge in [-0.3, -0.25) is 9.89 Å². The van der Waals surface area contributed by atoms with E-state index in [-0.39, 0.29) is 22.0 Å². The number of hydrogen-bond donors (Lipinski definition) is 1. The van der Waals surface area contributed by atoms with Crippen LogP contribution in [0, 0.1) is 11.6 Å². The van der Waals surface area contributed by atoms with Gasteiger partial charge >= 0.3 is 0 Å². The minimum Gasteiger partial charge on any atom is -0.296 e. The zero-order valence-electron chi connectivity index (χ0n) is 7.80. The second-order valence-corrected chi connectivity index (χ2v) is 3.40. The van der Waals surface area contributed by atoms with Crippen LogP contribution in [0.5, 0.6) is 0 Å². The number of benzene rings is 1. The normalized spacial score (nSPS) is 10.4. The van der Waals surface area contributed by atoms with Gasteiger partial charge in [0.05, 0.1) is 5.02 Å². The van der Waals surface area contributed by atoms with E-state index in [1.807, 2.05) is 0 Å². The van der Waals surface area contributed by atoms with E-state index in [2.05, 4.69) is 10.2 Å². The quantitative estimate of drug-likeness (QED) is 0.823. The van der Waals surface area contributed by atoms with E-state index >= 15 is 0 Å². The standard InChI is InChI=1S/C10H5ClF2N2O/c11-8-7(4-16)14-15-10(8)5-2-1-3-6(12)9(5)13/h1-4H,(H,14,15). The number of aldehydes is 1. The zero-order valence-corrected chi connectivity index (χ0v) is 8.55. The van der Waals surface area contributed by atoms with Crippen molar-refractivity contribution in [3.63, 3.8) is 0 Å². The predicted molar refractivity (Wildman–Crippen MR) is 54.3 cm³/mol. The first-order valence-electron chi connectivity index (χ1n) is 4.28. The third-order valence-electron chi connectivity index (χ3n) is 2.06. The van der Waals surface area contributed by atoms with Crippen LogP contribution in [0.4, 0.5) is 8.78 Å². The Morgan fingerprint density at radius 1 is 1.38 bits per heavy atom. The van der Waals surface area contributed by atoms with E-state index in [1.54, 1.807) is 0 Å². The molecule has 2 aromatic rings. The number of aromatic nitrogens is 2. The lowest BCUT2D eigenvalue weighted by atomic mass is 10.1. The molecule has 16 heavy (non-hydrogen) atoms. The molecule has 0 saturated carbocycles. The van der Waals surface area contributed by atoms with Gasteiger partial charge in [0.1, 0.15) is 11.4 Å². The maximum absolute atomic E-state index is 13.4. The van der Waals surface area contributed by atoms with Crippen LogP contribution in [0.25, 0.3) is 11.3 Å². The van der Waals surface area contributed by atoms with Crippen molar-refractivity contribution in [1.82, 2.24) is 10.2 Å². The van der Waals surface area contributed by atoms with Crippen molar-refractivity contribution in [1.29, 1.82) is 0 Å². The third kappa shape index (κ3) is 1.59. The average Bonchev–Trinajstić information content (AvgIpc) is 2.64. The number of halogens is 3. The number of aromatic amines is 1. The van der Waals surface area contributed by atoms with E-state index in [4.69, 9.17) is 11.6 Å². The minimum absolute atomic E-state index is 0.0146. The smallest absolute Gasteiger partial charge is 0.169 e. The lowest BCUT2D eigenvalue weighted by molar-refractivity contribution is 0.111. The summed E-state index contributed by atoms with van der Waals surface area (Å²) in [5.74, 6) is -2.04. The van der Waals surface area contributed by atoms with Crippen molar-refractivity contribution in [2.24, 2.45) is 0 Å². The molecule has 0 aliphatic heterocycles. The van der Waals surface area contributed by atoms with Gasteiger partial charge in [-0.25, -0.2) is 8.78 Å². The lowest BCUT2D eigenvalue weighted by Crippen LogP contribution is -1.89. The van der Waals surface area contributed by atoms with Crippen LogP contribution >= 0.6 is 11.6 Å². The molecule has 1 aromatic carbocycles. The summed E-state index contributed by atoms with van der Waals surface area (Å²) in [6, 6.07) is 3.65. The van der Waals surface area contributed by atoms with Gasteiger partial charge in [0.15, 0.2) is 17.9 Å². The highest BCUT2D eigenvalue weighted by molar-refractivity contribution is 6.35. The highest BCUT2D eigenvalue weighted by Crippen LogP contribution is 2.30. The number of carbonyl (C=O) groups is 1. The first kappa shape index (κ1) is 10.8. The van der Waals surface area contributed by atoms with Crippen LogP contribution in [-0.2, 0) is 0 Å². The van der Waals surface area contributed by atoms with Gasteiger partial charge in [-0.05, 0) is 12.1 Å². The van der Waals surface area contributed by atoms with Gasteiger partial charge in [0, 0.05) is 5.56 Å². The zero-order chi connectivity index (χ0) is 11.7. The van der Waals surface area contributed by atoms with Gasteiger partial charge in [0.25, 0.3) is 0 Å². The Bertz CT molecular complexity index is 554. The second kappa shape index (κ2) is 4.02. The molecule has 0 saturated heterocycles. The van der Waals surface area contributed by atoms with Gasteiger partial charge in [0.2, 0.25) is 0 Å². The lowest BCUT2D eigenvalue weighted by Gasteiger charge is -2.00. The topological polar surface area (TPSA) is 45.8 Å². The molecule has 1 heterocycles. The molecule has 0 radical (unpaired) electrons. The molecular formula is C10H5ClF2N2O. The van der Waals surface area contributed by atoms with Gasteiger partial charge in [-0.15, -0.1) is 0 Å². The molecule has 0 unspecified atom stereocenters.